The van der Waals surface area contributed by atoms with Crippen molar-refractivity contribution in [2.75, 3.05) is 6.61 Å². The fourth-order valence-corrected chi connectivity index (χ4v) is 3.43. The molecule has 0 bridgehead atoms. The van der Waals surface area contributed by atoms with E-state index in [0.717, 1.165) is 0 Å². The van der Waals surface area contributed by atoms with Crippen molar-refractivity contribution in [1.82, 2.24) is 15.6 Å². The highest BCUT2D eigenvalue weighted by molar-refractivity contribution is 5.94. The molecule has 2 aromatic rings. The first-order valence-corrected chi connectivity index (χ1v) is 8.83. The average molecular weight is 373 g/mol. The van der Waals surface area contributed by atoms with Crippen LogP contribution in [-0.2, 0) is 14.3 Å². The summed E-state index contributed by atoms with van der Waals surface area (Å²) in [5.74, 6) is -1.77. The molecule has 2 unspecified atom stereocenters. The standard InChI is InChI=1S/C19H23N3O5/c1-10(2)9-26-17(23)15-11(3)20-19(4,18(24)25)8-13(15)12-6-5-7-14-16(12)22-27-21-14/h5-7,10,13,20H,8-9H2,1-4H3,(H,24,25). The smallest absolute Gasteiger partial charge is 0.336 e. The van der Waals surface area contributed by atoms with Gasteiger partial charge >= 0.3 is 11.9 Å². The summed E-state index contributed by atoms with van der Waals surface area (Å²) in [5, 5.41) is 20.5. The Hall–Kier alpha value is -2.90. The maximum Gasteiger partial charge on any atom is 0.336 e. The van der Waals surface area contributed by atoms with E-state index >= 15 is 0 Å². The minimum atomic E-state index is -1.23. The van der Waals surface area contributed by atoms with Gasteiger partial charge < -0.3 is 15.2 Å². The zero-order valence-electron chi connectivity index (χ0n) is 15.8. The summed E-state index contributed by atoms with van der Waals surface area (Å²) in [6, 6.07) is 5.35. The Kier molecular flexibility index (Phi) is 4.91. The molecule has 1 aliphatic heterocycles. The molecule has 0 spiro atoms. The summed E-state index contributed by atoms with van der Waals surface area (Å²) in [7, 11) is 0. The quantitative estimate of drug-likeness (QED) is 0.769. The van der Waals surface area contributed by atoms with Gasteiger partial charge in [-0.2, -0.15) is 0 Å². The van der Waals surface area contributed by atoms with E-state index in [4.69, 9.17) is 9.37 Å². The van der Waals surface area contributed by atoms with E-state index in [1.54, 1.807) is 26.0 Å². The van der Waals surface area contributed by atoms with Crippen molar-refractivity contribution < 1.29 is 24.1 Å². The van der Waals surface area contributed by atoms with Gasteiger partial charge in [-0.3, -0.25) is 0 Å². The van der Waals surface area contributed by atoms with Gasteiger partial charge in [0.05, 0.1) is 12.2 Å². The lowest BCUT2D eigenvalue weighted by Crippen LogP contribution is -2.53. The largest absolute Gasteiger partial charge is 0.480 e. The van der Waals surface area contributed by atoms with E-state index in [0.29, 0.717) is 27.9 Å². The molecule has 0 radical (unpaired) electrons. The maximum absolute atomic E-state index is 12.8. The van der Waals surface area contributed by atoms with Gasteiger partial charge in [-0.15, -0.1) is 0 Å². The van der Waals surface area contributed by atoms with Crippen molar-refractivity contribution in [2.45, 2.75) is 45.6 Å². The first-order chi connectivity index (χ1) is 12.7. The summed E-state index contributed by atoms with van der Waals surface area (Å²) < 4.78 is 10.3. The number of carboxylic acids is 1. The van der Waals surface area contributed by atoms with Gasteiger partial charge in [0.15, 0.2) is 0 Å². The number of hydrogen-bond donors (Lipinski definition) is 2. The molecule has 3 rings (SSSR count). The second-order valence-electron chi connectivity index (χ2n) is 7.53. The number of nitrogens with zero attached hydrogens (tertiary/aromatic N) is 2. The van der Waals surface area contributed by atoms with Crippen LogP contribution in [0.3, 0.4) is 0 Å². The average Bonchev–Trinajstić information content (AvgIpc) is 3.07. The van der Waals surface area contributed by atoms with E-state index in [1.165, 1.54) is 0 Å². The molecule has 2 heterocycles. The number of nitrogens with one attached hydrogen (secondary N) is 1. The molecule has 144 valence electrons. The Bertz CT molecular complexity index is 917. The number of carbonyl (C=O) groups excluding carboxylic acids is 1. The number of esters is 1. The molecule has 2 atom stereocenters. The van der Waals surface area contributed by atoms with Crippen molar-refractivity contribution in [2.24, 2.45) is 5.92 Å². The molecule has 0 saturated carbocycles. The number of benzene rings is 1. The van der Waals surface area contributed by atoms with Crippen molar-refractivity contribution in [3.05, 3.63) is 35.0 Å². The normalized spacial score (nSPS) is 22.8. The number of rotatable bonds is 5. The lowest BCUT2D eigenvalue weighted by Gasteiger charge is -2.38. The molecule has 1 aliphatic rings. The summed E-state index contributed by atoms with van der Waals surface area (Å²) >= 11 is 0. The number of carboxylic acid groups (broad SMARTS) is 1. The van der Waals surface area contributed by atoms with E-state index in [1.807, 2.05) is 19.9 Å². The summed E-state index contributed by atoms with van der Waals surface area (Å²) in [6.07, 6.45) is 0.164. The Labute approximate surface area is 156 Å². The lowest BCUT2D eigenvalue weighted by molar-refractivity contribution is -0.146. The Morgan fingerprint density at radius 3 is 2.81 bits per heavy atom. The van der Waals surface area contributed by atoms with Crippen LogP contribution in [0.2, 0.25) is 0 Å². The molecule has 1 aromatic heterocycles. The Balaban J connectivity index is 2.10. The summed E-state index contributed by atoms with van der Waals surface area (Å²) in [4.78, 5) is 24.7. The lowest BCUT2D eigenvalue weighted by atomic mass is 9.76. The van der Waals surface area contributed by atoms with Crippen LogP contribution in [0.4, 0.5) is 0 Å². The minimum absolute atomic E-state index is 0.164. The van der Waals surface area contributed by atoms with Gasteiger partial charge in [-0.1, -0.05) is 26.0 Å². The molecule has 8 nitrogen and oxygen atoms in total. The molecule has 0 aliphatic carbocycles. The van der Waals surface area contributed by atoms with Crippen LogP contribution in [0, 0.1) is 5.92 Å². The van der Waals surface area contributed by atoms with Gasteiger partial charge in [0, 0.05) is 11.6 Å². The third kappa shape index (κ3) is 3.51. The fourth-order valence-electron chi connectivity index (χ4n) is 3.43. The van der Waals surface area contributed by atoms with Gasteiger partial charge in [-0.05, 0) is 48.1 Å². The molecular weight excluding hydrogens is 350 g/mol. The van der Waals surface area contributed by atoms with Crippen LogP contribution >= 0.6 is 0 Å². The first-order valence-electron chi connectivity index (χ1n) is 8.83. The zero-order valence-corrected chi connectivity index (χ0v) is 15.8. The van der Waals surface area contributed by atoms with Crippen LogP contribution in [0.25, 0.3) is 11.0 Å². The number of carbonyl (C=O) groups is 2. The highest BCUT2D eigenvalue weighted by atomic mass is 16.6. The van der Waals surface area contributed by atoms with Crippen LogP contribution in [0.5, 0.6) is 0 Å². The second kappa shape index (κ2) is 7.02. The first kappa shape index (κ1) is 18.9. The van der Waals surface area contributed by atoms with Crippen LogP contribution in [0.1, 0.15) is 45.6 Å². The third-order valence-electron chi connectivity index (χ3n) is 4.76. The molecule has 0 saturated heterocycles. The highest BCUT2D eigenvalue weighted by Gasteiger charge is 2.44. The van der Waals surface area contributed by atoms with Gasteiger partial charge in [0.1, 0.15) is 16.6 Å². The Morgan fingerprint density at radius 1 is 1.41 bits per heavy atom. The number of aromatic nitrogens is 2. The second-order valence-corrected chi connectivity index (χ2v) is 7.53. The molecule has 1 aromatic carbocycles. The predicted octanol–water partition coefficient (Wildman–Crippen LogP) is 2.62. The van der Waals surface area contributed by atoms with Gasteiger partial charge in [0.25, 0.3) is 0 Å². The molecule has 2 N–H and O–H groups in total. The molecule has 8 heteroatoms. The number of fused-ring (bicyclic) bond motifs is 1. The summed E-state index contributed by atoms with van der Waals surface area (Å²) in [6.45, 7) is 7.49. The monoisotopic (exact) mass is 373 g/mol. The Morgan fingerprint density at radius 2 is 2.15 bits per heavy atom. The van der Waals surface area contributed by atoms with Crippen molar-refractivity contribution >= 4 is 23.0 Å². The molecular formula is C19H23N3O5. The van der Waals surface area contributed by atoms with Gasteiger partial charge in [-0.25, -0.2) is 14.2 Å². The van der Waals surface area contributed by atoms with Crippen molar-refractivity contribution in [1.29, 1.82) is 0 Å². The number of hydrogen-bond acceptors (Lipinski definition) is 7. The van der Waals surface area contributed by atoms with E-state index in [2.05, 4.69) is 15.6 Å². The highest BCUT2D eigenvalue weighted by Crippen LogP contribution is 2.41. The van der Waals surface area contributed by atoms with E-state index in [-0.39, 0.29) is 18.9 Å². The van der Waals surface area contributed by atoms with Crippen molar-refractivity contribution in [3.63, 3.8) is 0 Å². The topological polar surface area (TPSA) is 115 Å². The van der Waals surface area contributed by atoms with Crippen molar-refractivity contribution in [3.8, 4) is 0 Å². The predicted molar refractivity (Wildman–Crippen MR) is 96.8 cm³/mol. The number of aliphatic carboxylic acids is 1. The van der Waals surface area contributed by atoms with Crippen LogP contribution < -0.4 is 5.32 Å². The molecule has 27 heavy (non-hydrogen) atoms. The minimum Gasteiger partial charge on any atom is -0.480 e. The number of ether oxygens (including phenoxy) is 1. The molecule has 0 fully saturated rings. The fraction of sp³-hybridized carbons (Fsp3) is 0.474. The summed E-state index contributed by atoms with van der Waals surface area (Å²) in [5.41, 5.74) is 1.42. The third-order valence-corrected chi connectivity index (χ3v) is 4.76. The number of allylic oxidation sites excluding steroid dienone is 1. The maximum atomic E-state index is 12.8. The van der Waals surface area contributed by atoms with E-state index in [9.17, 15) is 14.7 Å². The van der Waals surface area contributed by atoms with Crippen LogP contribution in [0.15, 0.2) is 34.1 Å². The SMILES string of the molecule is CC1=C(C(=O)OCC(C)C)C(c2cccc3nonc23)CC(C)(C(=O)O)N1. The molecule has 0 amide bonds. The van der Waals surface area contributed by atoms with E-state index < -0.39 is 23.4 Å². The zero-order chi connectivity index (χ0) is 19.8. The van der Waals surface area contributed by atoms with Crippen LogP contribution in [-0.4, -0.2) is 39.5 Å². The van der Waals surface area contributed by atoms with Gasteiger partial charge in [0.2, 0.25) is 0 Å².